The highest BCUT2D eigenvalue weighted by Gasteiger charge is 2.24. The first kappa shape index (κ1) is 27.7. The fourth-order valence-corrected chi connectivity index (χ4v) is 3.56. The van der Waals surface area contributed by atoms with Crippen molar-refractivity contribution in [3.05, 3.63) is 94.0 Å². The molecule has 0 aliphatic rings. The van der Waals surface area contributed by atoms with Crippen molar-refractivity contribution in [1.29, 1.82) is 0 Å². The highest BCUT2D eigenvalue weighted by atomic mass is 35.5. The van der Waals surface area contributed by atoms with Gasteiger partial charge in [0.1, 0.15) is 12.6 Å². The molecule has 0 bridgehead atoms. The van der Waals surface area contributed by atoms with E-state index in [9.17, 15) is 9.59 Å². The van der Waals surface area contributed by atoms with Gasteiger partial charge >= 0.3 is 0 Å². The van der Waals surface area contributed by atoms with E-state index in [1.54, 1.807) is 30.3 Å². The van der Waals surface area contributed by atoms with Crippen molar-refractivity contribution in [3.8, 4) is 11.5 Å². The van der Waals surface area contributed by atoms with Gasteiger partial charge in [0.25, 0.3) is 11.8 Å². The van der Waals surface area contributed by atoms with Crippen LogP contribution in [-0.4, -0.2) is 30.7 Å². The lowest BCUT2D eigenvalue weighted by molar-refractivity contribution is -0.123. The average Bonchev–Trinajstić information content (AvgIpc) is 2.88. The standard InChI is InChI=1S/C29H32ClN3O4/c1-5-36-26-16-22(10-15-25(26)37-18-21-8-6-20(4)7-9-21)17-31-33-29(35)27(19(2)3)32-28(34)23-11-13-24(30)14-12-23/h6-17,19,27H,5,18H2,1-4H3,(H,32,34)(H,33,35)/b31-17-. The molecule has 0 aromatic heterocycles. The second kappa shape index (κ2) is 13.5. The maximum absolute atomic E-state index is 12.8. The predicted octanol–water partition coefficient (Wildman–Crippen LogP) is 5.53. The van der Waals surface area contributed by atoms with Crippen molar-refractivity contribution >= 4 is 29.6 Å². The van der Waals surface area contributed by atoms with Gasteiger partial charge in [0.15, 0.2) is 11.5 Å². The number of benzene rings is 3. The van der Waals surface area contributed by atoms with E-state index < -0.39 is 11.9 Å². The first-order valence-electron chi connectivity index (χ1n) is 12.1. The molecule has 0 aliphatic heterocycles. The van der Waals surface area contributed by atoms with Crippen LogP contribution in [0.4, 0.5) is 0 Å². The Morgan fingerprint density at radius 1 is 0.973 bits per heavy atom. The smallest absolute Gasteiger partial charge is 0.262 e. The zero-order chi connectivity index (χ0) is 26.8. The van der Waals surface area contributed by atoms with Crippen molar-refractivity contribution < 1.29 is 19.1 Å². The molecule has 0 heterocycles. The van der Waals surface area contributed by atoms with Gasteiger partial charge in [0, 0.05) is 10.6 Å². The molecule has 3 aromatic carbocycles. The molecule has 0 spiro atoms. The summed E-state index contributed by atoms with van der Waals surface area (Å²) in [7, 11) is 0. The van der Waals surface area contributed by atoms with Gasteiger partial charge in [-0.15, -0.1) is 0 Å². The molecule has 0 fully saturated rings. The fraction of sp³-hybridized carbons (Fsp3) is 0.276. The minimum absolute atomic E-state index is 0.152. The monoisotopic (exact) mass is 521 g/mol. The number of hydrogen-bond acceptors (Lipinski definition) is 5. The summed E-state index contributed by atoms with van der Waals surface area (Å²) in [5, 5.41) is 7.37. The van der Waals surface area contributed by atoms with Crippen LogP contribution in [0.5, 0.6) is 11.5 Å². The van der Waals surface area contributed by atoms with E-state index >= 15 is 0 Å². The summed E-state index contributed by atoms with van der Waals surface area (Å²) in [5.74, 6) is 0.267. The Labute approximate surface area is 222 Å². The number of carbonyl (C=O) groups excluding carboxylic acids is 2. The van der Waals surface area contributed by atoms with Gasteiger partial charge in [-0.25, -0.2) is 5.43 Å². The highest BCUT2D eigenvalue weighted by Crippen LogP contribution is 2.29. The topological polar surface area (TPSA) is 89.0 Å². The third kappa shape index (κ3) is 8.36. The third-order valence-electron chi connectivity index (χ3n) is 5.51. The molecular weight excluding hydrogens is 490 g/mol. The minimum atomic E-state index is -0.767. The number of amides is 2. The summed E-state index contributed by atoms with van der Waals surface area (Å²) in [6.45, 7) is 8.53. The molecule has 0 saturated carbocycles. The number of ether oxygens (including phenoxy) is 2. The van der Waals surface area contributed by atoms with Crippen LogP contribution in [0.3, 0.4) is 0 Å². The second-order valence-electron chi connectivity index (χ2n) is 8.85. The number of aryl methyl sites for hydroxylation is 1. The van der Waals surface area contributed by atoms with Crippen LogP contribution in [-0.2, 0) is 11.4 Å². The van der Waals surface area contributed by atoms with E-state index in [1.807, 2.05) is 64.1 Å². The second-order valence-corrected chi connectivity index (χ2v) is 9.29. The van der Waals surface area contributed by atoms with Crippen LogP contribution in [0.1, 0.15) is 47.8 Å². The molecule has 1 unspecified atom stereocenters. The molecule has 0 saturated heterocycles. The fourth-order valence-electron chi connectivity index (χ4n) is 3.44. The lowest BCUT2D eigenvalue weighted by atomic mass is 10.0. The van der Waals surface area contributed by atoms with Gasteiger partial charge in [-0.05, 0) is 73.4 Å². The Morgan fingerprint density at radius 3 is 2.32 bits per heavy atom. The number of carbonyl (C=O) groups is 2. The summed E-state index contributed by atoms with van der Waals surface area (Å²) in [4.78, 5) is 25.3. The van der Waals surface area contributed by atoms with Crippen molar-refractivity contribution in [2.45, 2.75) is 40.3 Å². The molecule has 3 rings (SSSR count). The molecule has 2 N–H and O–H groups in total. The zero-order valence-corrected chi connectivity index (χ0v) is 22.2. The molecule has 3 aromatic rings. The van der Waals surface area contributed by atoms with Gasteiger partial charge in [0.05, 0.1) is 12.8 Å². The summed E-state index contributed by atoms with van der Waals surface area (Å²) < 4.78 is 11.7. The molecule has 8 heteroatoms. The van der Waals surface area contributed by atoms with Crippen LogP contribution in [0.15, 0.2) is 71.8 Å². The SMILES string of the molecule is CCOc1cc(/C=N\NC(=O)C(NC(=O)c2ccc(Cl)cc2)C(C)C)ccc1OCc1ccc(C)cc1. The summed E-state index contributed by atoms with van der Waals surface area (Å²) in [5.41, 5.74) is 5.91. The van der Waals surface area contributed by atoms with Crippen LogP contribution < -0.4 is 20.2 Å². The van der Waals surface area contributed by atoms with Crippen molar-refractivity contribution in [3.63, 3.8) is 0 Å². The maximum atomic E-state index is 12.8. The van der Waals surface area contributed by atoms with E-state index in [2.05, 4.69) is 15.8 Å². The van der Waals surface area contributed by atoms with Gasteiger partial charge in [0.2, 0.25) is 0 Å². The third-order valence-corrected chi connectivity index (χ3v) is 5.77. The lowest BCUT2D eigenvalue weighted by Gasteiger charge is -2.20. The van der Waals surface area contributed by atoms with Crippen LogP contribution in [0, 0.1) is 12.8 Å². The molecule has 7 nitrogen and oxygen atoms in total. The highest BCUT2D eigenvalue weighted by molar-refractivity contribution is 6.30. The molecule has 2 amide bonds. The lowest BCUT2D eigenvalue weighted by Crippen LogP contribution is -2.48. The largest absolute Gasteiger partial charge is 0.490 e. The molecule has 0 radical (unpaired) electrons. The number of hydrazone groups is 1. The Hall–Kier alpha value is -3.84. The Kier molecular flexibility index (Phi) is 10.1. The maximum Gasteiger partial charge on any atom is 0.262 e. The number of hydrogen-bond donors (Lipinski definition) is 2. The summed E-state index contributed by atoms with van der Waals surface area (Å²) >= 11 is 5.89. The van der Waals surface area contributed by atoms with Gasteiger partial charge in [-0.2, -0.15) is 5.10 Å². The van der Waals surface area contributed by atoms with Gasteiger partial charge < -0.3 is 14.8 Å². The van der Waals surface area contributed by atoms with E-state index in [0.717, 1.165) is 11.1 Å². The first-order valence-corrected chi connectivity index (χ1v) is 12.5. The van der Waals surface area contributed by atoms with E-state index in [-0.39, 0.29) is 11.8 Å². The van der Waals surface area contributed by atoms with Crippen LogP contribution >= 0.6 is 11.6 Å². The Bertz CT molecular complexity index is 1220. The molecule has 194 valence electrons. The van der Waals surface area contributed by atoms with Gasteiger partial charge in [-0.3, -0.25) is 9.59 Å². The van der Waals surface area contributed by atoms with Crippen LogP contribution in [0.2, 0.25) is 5.02 Å². The van der Waals surface area contributed by atoms with Crippen molar-refractivity contribution in [2.24, 2.45) is 11.0 Å². The normalized spacial score (nSPS) is 11.8. The number of rotatable bonds is 11. The first-order chi connectivity index (χ1) is 17.8. The molecular formula is C29H32ClN3O4. The van der Waals surface area contributed by atoms with Crippen molar-refractivity contribution in [2.75, 3.05) is 6.61 Å². The van der Waals surface area contributed by atoms with E-state index in [4.69, 9.17) is 21.1 Å². The summed E-state index contributed by atoms with van der Waals surface area (Å²) in [6, 6.07) is 19.3. The molecule has 37 heavy (non-hydrogen) atoms. The number of halogens is 1. The summed E-state index contributed by atoms with van der Waals surface area (Å²) in [6.07, 6.45) is 1.52. The Morgan fingerprint density at radius 2 is 1.68 bits per heavy atom. The predicted molar refractivity (Wildman–Crippen MR) is 146 cm³/mol. The molecule has 1 atom stereocenters. The zero-order valence-electron chi connectivity index (χ0n) is 21.5. The average molecular weight is 522 g/mol. The molecule has 0 aliphatic carbocycles. The van der Waals surface area contributed by atoms with Crippen molar-refractivity contribution in [1.82, 2.24) is 10.7 Å². The number of nitrogens with one attached hydrogen (secondary N) is 2. The quantitative estimate of drug-likeness (QED) is 0.256. The minimum Gasteiger partial charge on any atom is -0.490 e. The van der Waals surface area contributed by atoms with Crippen LogP contribution in [0.25, 0.3) is 0 Å². The van der Waals surface area contributed by atoms with E-state index in [0.29, 0.717) is 35.3 Å². The Balaban J connectivity index is 1.62. The number of nitrogens with zero attached hydrogens (tertiary/aromatic N) is 1. The van der Waals surface area contributed by atoms with Gasteiger partial charge in [-0.1, -0.05) is 55.3 Å². The van der Waals surface area contributed by atoms with E-state index in [1.165, 1.54) is 11.8 Å².